The van der Waals surface area contributed by atoms with Crippen molar-refractivity contribution in [3.05, 3.63) is 48.4 Å². The molecule has 20 heavy (non-hydrogen) atoms. The van der Waals surface area contributed by atoms with Crippen LogP contribution in [0.25, 0.3) is 0 Å². The highest BCUT2D eigenvalue weighted by molar-refractivity contribution is 5.55. The fourth-order valence-electron chi connectivity index (χ4n) is 1.67. The van der Waals surface area contributed by atoms with Gasteiger partial charge in [0.15, 0.2) is 5.82 Å². The summed E-state index contributed by atoms with van der Waals surface area (Å²) in [4.78, 5) is 8.26. The van der Waals surface area contributed by atoms with Gasteiger partial charge in [-0.15, -0.1) is 0 Å². The van der Waals surface area contributed by atoms with Gasteiger partial charge in [-0.2, -0.15) is 0 Å². The third-order valence-corrected chi connectivity index (χ3v) is 2.58. The Morgan fingerprint density at radius 1 is 1.15 bits per heavy atom. The van der Waals surface area contributed by atoms with Gasteiger partial charge in [-0.05, 0) is 19.1 Å². The van der Waals surface area contributed by atoms with Gasteiger partial charge in [-0.1, -0.05) is 5.16 Å². The molecule has 0 fully saturated rings. The molecule has 102 valence electrons. The first-order chi connectivity index (χ1) is 9.79. The molecule has 7 heteroatoms. The molecular weight excluding hydrogens is 258 g/mol. The number of rotatable bonds is 5. The molecule has 0 aromatic carbocycles. The van der Waals surface area contributed by atoms with E-state index in [-0.39, 0.29) is 0 Å². The van der Waals surface area contributed by atoms with Crippen LogP contribution in [0.15, 0.2) is 45.8 Å². The molecule has 0 spiro atoms. The van der Waals surface area contributed by atoms with Gasteiger partial charge >= 0.3 is 0 Å². The normalized spacial score (nSPS) is 10.4. The summed E-state index contributed by atoms with van der Waals surface area (Å²) in [5, 5.41) is 10.0. The minimum atomic E-state index is 0.562. The molecule has 0 radical (unpaired) electrons. The van der Waals surface area contributed by atoms with Crippen LogP contribution in [0.5, 0.6) is 0 Å². The third-order valence-electron chi connectivity index (χ3n) is 2.58. The Morgan fingerprint density at radius 2 is 2.05 bits per heavy atom. The van der Waals surface area contributed by atoms with Crippen molar-refractivity contribution in [1.29, 1.82) is 0 Å². The fourth-order valence-corrected chi connectivity index (χ4v) is 1.67. The standard InChI is InChI=1S/C13H13N5O2/c1-9-5-13(18-20-9)17-12-6-11(15-8-16-12)14-7-10-3-2-4-19-10/h2-6,8H,7H2,1H3,(H2,14,15,16,17,18). The van der Waals surface area contributed by atoms with E-state index >= 15 is 0 Å². The molecule has 0 saturated heterocycles. The molecule has 7 nitrogen and oxygen atoms in total. The van der Waals surface area contributed by atoms with Crippen LogP contribution < -0.4 is 10.6 Å². The number of nitrogens with zero attached hydrogens (tertiary/aromatic N) is 3. The fraction of sp³-hybridized carbons (Fsp3) is 0.154. The largest absolute Gasteiger partial charge is 0.467 e. The van der Waals surface area contributed by atoms with Gasteiger partial charge in [0.25, 0.3) is 0 Å². The van der Waals surface area contributed by atoms with E-state index in [4.69, 9.17) is 8.94 Å². The second-order valence-corrected chi connectivity index (χ2v) is 4.17. The Bertz CT molecular complexity index is 678. The van der Waals surface area contributed by atoms with Crippen molar-refractivity contribution in [2.24, 2.45) is 0 Å². The van der Waals surface area contributed by atoms with E-state index in [9.17, 15) is 0 Å². The molecule has 2 N–H and O–H groups in total. The minimum Gasteiger partial charge on any atom is -0.467 e. The van der Waals surface area contributed by atoms with E-state index in [2.05, 4.69) is 25.8 Å². The van der Waals surface area contributed by atoms with Gasteiger partial charge < -0.3 is 19.6 Å². The summed E-state index contributed by atoms with van der Waals surface area (Å²) < 4.78 is 10.2. The molecule has 0 bridgehead atoms. The van der Waals surface area contributed by atoms with Gasteiger partial charge in [0.1, 0.15) is 29.5 Å². The average Bonchev–Trinajstić information content (AvgIpc) is 3.09. The number of hydrogen-bond donors (Lipinski definition) is 2. The van der Waals surface area contributed by atoms with Crippen LogP contribution in [0.3, 0.4) is 0 Å². The van der Waals surface area contributed by atoms with Crippen LogP contribution in [-0.2, 0) is 6.54 Å². The van der Waals surface area contributed by atoms with E-state index in [0.29, 0.717) is 24.0 Å². The molecular formula is C13H13N5O2. The molecule has 0 atom stereocenters. The first-order valence-electron chi connectivity index (χ1n) is 6.08. The minimum absolute atomic E-state index is 0.562. The number of furan rings is 1. The van der Waals surface area contributed by atoms with Crippen molar-refractivity contribution >= 4 is 17.5 Å². The summed E-state index contributed by atoms with van der Waals surface area (Å²) in [6, 6.07) is 7.31. The molecule has 0 saturated carbocycles. The van der Waals surface area contributed by atoms with Crippen LogP contribution >= 0.6 is 0 Å². The van der Waals surface area contributed by atoms with Gasteiger partial charge in [-0.3, -0.25) is 0 Å². The lowest BCUT2D eigenvalue weighted by atomic mass is 10.4. The molecule has 0 unspecified atom stereocenters. The van der Waals surface area contributed by atoms with Crippen molar-refractivity contribution in [2.75, 3.05) is 10.6 Å². The summed E-state index contributed by atoms with van der Waals surface area (Å²) in [5.41, 5.74) is 0. The van der Waals surface area contributed by atoms with Crippen molar-refractivity contribution in [1.82, 2.24) is 15.1 Å². The molecule has 3 rings (SSSR count). The summed E-state index contributed by atoms with van der Waals surface area (Å²) >= 11 is 0. The zero-order valence-corrected chi connectivity index (χ0v) is 10.8. The molecule has 0 aliphatic carbocycles. The van der Waals surface area contributed by atoms with Gasteiger partial charge in [0.2, 0.25) is 0 Å². The molecule has 3 aromatic rings. The second kappa shape index (κ2) is 5.43. The molecule has 3 heterocycles. The van der Waals surface area contributed by atoms with Gasteiger partial charge in [0.05, 0.1) is 12.8 Å². The maximum atomic E-state index is 5.24. The first-order valence-corrected chi connectivity index (χ1v) is 6.08. The number of hydrogen-bond acceptors (Lipinski definition) is 7. The number of aryl methyl sites for hydroxylation is 1. The van der Waals surface area contributed by atoms with Crippen LogP contribution in [0.1, 0.15) is 11.5 Å². The van der Waals surface area contributed by atoms with Crippen LogP contribution in [0, 0.1) is 6.92 Å². The van der Waals surface area contributed by atoms with Crippen molar-refractivity contribution in [3.8, 4) is 0 Å². The Morgan fingerprint density at radius 3 is 2.80 bits per heavy atom. The highest BCUT2D eigenvalue weighted by Gasteiger charge is 2.03. The monoisotopic (exact) mass is 271 g/mol. The van der Waals surface area contributed by atoms with E-state index in [0.717, 1.165) is 11.5 Å². The van der Waals surface area contributed by atoms with Crippen LogP contribution in [0.4, 0.5) is 17.5 Å². The molecule has 0 aliphatic heterocycles. The van der Waals surface area contributed by atoms with Crippen molar-refractivity contribution in [3.63, 3.8) is 0 Å². The summed E-state index contributed by atoms with van der Waals surface area (Å²) in [6.45, 7) is 2.39. The number of anilines is 3. The van der Waals surface area contributed by atoms with Gasteiger partial charge in [-0.25, -0.2) is 9.97 Å². The third kappa shape index (κ3) is 2.94. The summed E-state index contributed by atoms with van der Waals surface area (Å²) in [5.74, 6) is 3.51. The molecule has 3 aromatic heterocycles. The van der Waals surface area contributed by atoms with Gasteiger partial charge in [0, 0.05) is 12.1 Å². The highest BCUT2D eigenvalue weighted by atomic mass is 16.5. The highest BCUT2D eigenvalue weighted by Crippen LogP contribution is 2.16. The lowest BCUT2D eigenvalue weighted by Gasteiger charge is -2.05. The van der Waals surface area contributed by atoms with E-state index in [1.165, 1.54) is 6.33 Å². The average molecular weight is 271 g/mol. The second-order valence-electron chi connectivity index (χ2n) is 4.17. The predicted octanol–water partition coefficient (Wildman–Crippen LogP) is 2.72. The number of aromatic nitrogens is 3. The van der Waals surface area contributed by atoms with E-state index in [1.807, 2.05) is 19.1 Å². The lowest BCUT2D eigenvalue weighted by Crippen LogP contribution is -2.02. The Hall–Kier alpha value is -2.83. The topological polar surface area (TPSA) is 89.0 Å². The summed E-state index contributed by atoms with van der Waals surface area (Å²) in [6.07, 6.45) is 3.11. The number of nitrogens with one attached hydrogen (secondary N) is 2. The summed E-state index contributed by atoms with van der Waals surface area (Å²) in [7, 11) is 0. The Balaban J connectivity index is 1.66. The molecule has 0 amide bonds. The van der Waals surface area contributed by atoms with Crippen molar-refractivity contribution in [2.45, 2.75) is 13.5 Å². The van der Waals surface area contributed by atoms with E-state index < -0.39 is 0 Å². The maximum absolute atomic E-state index is 5.24. The lowest BCUT2D eigenvalue weighted by molar-refractivity contribution is 0.400. The molecule has 0 aliphatic rings. The Kier molecular flexibility index (Phi) is 3.32. The predicted molar refractivity (Wildman–Crippen MR) is 72.6 cm³/mol. The smallest absolute Gasteiger partial charge is 0.175 e. The first kappa shape index (κ1) is 12.2. The van der Waals surface area contributed by atoms with E-state index in [1.54, 1.807) is 18.4 Å². The van der Waals surface area contributed by atoms with Crippen LogP contribution in [-0.4, -0.2) is 15.1 Å². The quantitative estimate of drug-likeness (QED) is 0.737. The Labute approximate surface area is 115 Å². The van der Waals surface area contributed by atoms with Crippen LogP contribution in [0.2, 0.25) is 0 Å². The SMILES string of the molecule is Cc1cc(Nc2cc(NCc3ccco3)ncn2)no1. The van der Waals surface area contributed by atoms with Crippen molar-refractivity contribution < 1.29 is 8.94 Å². The zero-order chi connectivity index (χ0) is 13.8. The maximum Gasteiger partial charge on any atom is 0.175 e. The zero-order valence-electron chi connectivity index (χ0n) is 10.8.